The average molecular weight is 257 g/mol. The zero-order valence-electron chi connectivity index (χ0n) is 9.34. The smallest absolute Gasteiger partial charge is 0.164 e. The third-order valence-corrected chi connectivity index (χ3v) is 2.78. The van der Waals surface area contributed by atoms with E-state index in [-0.39, 0.29) is 0 Å². The Labute approximate surface area is 109 Å². The van der Waals surface area contributed by atoms with Crippen molar-refractivity contribution < 1.29 is 0 Å². The first kappa shape index (κ1) is 10.9. The van der Waals surface area contributed by atoms with E-state index in [1.54, 1.807) is 0 Å². The first-order valence-corrected chi connectivity index (χ1v) is 5.81. The van der Waals surface area contributed by atoms with Gasteiger partial charge in [0.15, 0.2) is 5.82 Å². The summed E-state index contributed by atoms with van der Waals surface area (Å²) < 4.78 is 0. The van der Waals surface area contributed by atoms with Crippen LogP contribution in [-0.4, -0.2) is 15.4 Å². The van der Waals surface area contributed by atoms with Crippen molar-refractivity contribution >= 4 is 34.0 Å². The fraction of sp³-hybridized carbons (Fsp3) is 0. The Morgan fingerprint density at radius 3 is 2.72 bits per heavy atom. The molecule has 3 aromatic rings. The van der Waals surface area contributed by atoms with Gasteiger partial charge in [0, 0.05) is 16.1 Å². The Bertz CT molecular complexity index is 694. The highest BCUT2D eigenvalue weighted by Crippen LogP contribution is 2.23. The van der Waals surface area contributed by atoms with Crippen molar-refractivity contribution in [2.75, 3.05) is 5.32 Å². The molecule has 0 radical (unpaired) electrons. The van der Waals surface area contributed by atoms with Gasteiger partial charge < -0.3 is 5.32 Å². The molecule has 0 unspecified atom stereocenters. The van der Waals surface area contributed by atoms with Crippen molar-refractivity contribution in [2.45, 2.75) is 0 Å². The third kappa shape index (κ3) is 2.10. The van der Waals surface area contributed by atoms with Crippen LogP contribution in [0.1, 0.15) is 0 Å². The van der Waals surface area contributed by atoms with Crippen LogP contribution < -0.4 is 5.32 Å². The van der Waals surface area contributed by atoms with Crippen LogP contribution in [0.3, 0.4) is 0 Å². The van der Waals surface area contributed by atoms with Gasteiger partial charge in [-0.05, 0) is 35.5 Å². The van der Waals surface area contributed by atoms with E-state index in [1.807, 2.05) is 48.5 Å². The van der Waals surface area contributed by atoms with E-state index in [4.69, 9.17) is 11.6 Å². The first-order chi connectivity index (χ1) is 8.83. The predicted octanol–water partition coefficient (Wildman–Crippen LogP) is 3.42. The number of nitrogens with one attached hydrogen (secondary N) is 1. The van der Waals surface area contributed by atoms with E-state index < -0.39 is 0 Å². The molecule has 0 atom stereocenters. The summed E-state index contributed by atoms with van der Waals surface area (Å²) in [5, 5.41) is 16.5. The maximum atomic E-state index is 5.94. The van der Waals surface area contributed by atoms with Gasteiger partial charge in [0.1, 0.15) is 0 Å². The van der Waals surface area contributed by atoms with Crippen LogP contribution in [0.15, 0.2) is 48.5 Å². The first-order valence-electron chi connectivity index (χ1n) is 5.43. The van der Waals surface area contributed by atoms with Gasteiger partial charge in [-0.25, -0.2) is 0 Å². The lowest BCUT2D eigenvalue weighted by molar-refractivity contribution is 0.900. The third-order valence-electron chi connectivity index (χ3n) is 2.54. The Morgan fingerprint density at radius 1 is 0.944 bits per heavy atom. The fourth-order valence-corrected chi connectivity index (χ4v) is 1.92. The van der Waals surface area contributed by atoms with Crippen molar-refractivity contribution in [1.29, 1.82) is 0 Å². The number of aromatic nitrogens is 3. The van der Waals surface area contributed by atoms with Gasteiger partial charge >= 0.3 is 0 Å². The van der Waals surface area contributed by atoms with Crippen molar-refractivity contribution in [3.63, 3.8) is 0 Å². The second-order valence-corrected chi connectivity index (χ2v) is 4.23. The predicted molar refractivity (Wildman–Crippen MR) is 72.1 cm³/mol. The van der Waals surface area contributed by atoms with Crippen molar-refractivity contribution in [2.24, 2.45) is 0 Å². The molecule has 0 amide bonds. The minimum Gasteiger partial charge on any atom is -0.338 e. The molecule has 4 nitrogen and oxygen atoms in total. The molecule has 5 heteroatoms. The van der Waals surface area contributed by atoms with E-state index in [2.05, 4.69) is 20.7 Å². The van der Waals surface area contributed by atoms with Gasteiger partial charge in [0.05, 0.1) is 5.52 Å². The SMILES string of the molecule is Clc1cccc(Nc2nnnc3ccccc23)c1. The number of rotatable bonds is 2. The maximum Gasteiger partial charge on any atom is 0.164 e. The zero-order valence-corrected chi connectivity index (χ0v) is 10.1. The summed E-state index contributed by atoms with van der Waals surface area (Å²) >= 11 is 5.94. The molecule has 1 heterocycles. The van der Waals surface area contributed by atoms with Crippen LogP contribution in [0.25, 0.3) is 10.9 Å². The molecule has 0 saturated heterocycles. The number of nitrogens with zero attached hydrogens (tertiary/aromatic N) is 3. The van der Waals surface area contributed by atoms with Crippen LogP contribution in [0.5, 0.6) is 0 Å². The summed E-state index contributed by atoms with van der Waals surface area (Å²) in [6.07, 6.45) is 0. The summed E-state index contributed by atoms with van der Waals surface area (Å²) in [4.78, 5) is 0. The summed E-state index contributed by atoms with van der Waals surface area (Å²) in [5.41, 5.74) is 1.67. The number of benzene rings is 2. The van der Waals surface area contributed by atoms with Crippen molar-refractivity contribution in [1.82, 2.24) is 15.4 Å². The van der Waals surface area contributed by atoms with Gasteiger partial charge in [-0.3, -0.25) is 0 Å². The quantitative estimate of drug-likeness (QED) is 0.763. The number of fused-ring (bicyclic) bond motifs is 1. The second-order valence-electron chi connectivity index (χ2n) is 3.79. The molecule has 1 aromatic heterocycles. The highest BCUT2D eigenvalue weighted by Gasteiger charge is 2.04. The van der Waals surface area contributed by atoms with E-state index in [9.17, 15) is 0 Å². The molecule has 0 saturated carbocycles. The molecule has 1 N–H and O–H groups in total. The fourth-order valence-electron chi connectivity index (χ4n) is 1.73. The summed E-state index contributed by atoms with van der Waals surface area (Å²) in [6, 6.07) is 15.2. The Morgan fingerprint density at radius 2 is 1.83 bits per heavy atom. The largest absolute Gasteiger partial charge is 0.338 e. The van der Waals surface area contributed by atoms with Gasteiger partial charge in [-0.2, -0.15) is 0 Å². The van der Waals surface area contributed by atoms with Gasteiger partial charge in [-0.15, -0.1) is 10.2 Å². The average Bonchev–Trinajstić information content (AvgIpc) is 2.39. The molecule has 0 spiro atoms. The van der Waals surface area contributed by atoms with E-state index in [0.29, 0.717) is 10.8 Å². The van der Waals surface area contributed by atoms with Crippen LogP contribution >= 0.6 is 11.6 Å². The van der Waals surface area contributed by atoms with E-state index in [1.165, 1.54) is 0 Å². The summed E-state index contributed by atoms with van der Waals surface area (Å²) in [5.74, 6) is 0.669. The minimum atomic E-state index is 0.669. The highest BCUT2D eigenvalue weighted by molar-refractivity contribution is 6.30. The lowest BCUT2D eigenvalue weighted by Gasteiger charge is -2.07. The number of halogens is 1. The second kappa shape index (κ2) is 4.58. The molecule has 0 bridgehead atoms. The molecule has 2 aromatic carbocycles. The number of anilines is 2. The summed E-state index contributed by atoms with van der Waals surface area (Å²) in [6.45, 7) is 0. The Balaban J connectivity index is 2.05. The van der Waals surface area contributed by atoms with Crippen LogP contribution in [0, 0.1) is 0 Å². The summed E-state index contributed by atoms with van der Waals surface area (Å²) in [7, 11) is 0. The standard InChI is InChI=1S/C13H9ClN4/c14-9-4-3-5-10(8-9)15-13-11-6-1-2-7-12(11)16-18-17-13/h1-8H,(H,15,16,17). The molecular formula is C13H9ClN4. The normalized spacial score (nSPS) is 10.5. The molecule has 0 aliphatic carbocycles. The van der Waals surface area contributed by atoms with Crippen LogP contribution in [-0.2, 0) is 0 Å². The monoisotopic (exact) mass is 256 g/mol. The number of hydrogen-bond acceptors (Lipinski definition) is 4. The van der Waals surface area contributed by atoms with Crippen LogP contribution in [0.4, 0.5) is 11.5 Å². The molecule has 0 fully saturated rings. The van der Waals surface area contributed by atoms with Crippen LogP contribution in [0.2, 0.25) is 5.02 Å². The molecule has 3 rings (SSSR count). The van der Waals surface area contributed by atoms with Gasteiger partial charge in [0.25, 0.3) is 0 Å². The van der Waals surface area contributed by atoms with Gasteiger partial charge in [-0.1, -0.05) is 29.8 Å². The van der Waals surface area contributed by atoms with E-state index in [0.717, 1.165) is 16.6 Å². The highest BCUT2D eigenvalue weighted by atomic mass is 35.5. The number of hydrogen-bond donors (Lipinski definition) is 1. The molecule has 0 aliphatic heterocycles. The maximum absolute atomic E-state index is 5.94. The van der Waals surface area contributed by atoms with E-state index >= 15 is 0 Å². The minimum absolute atomic E-state index is 0.669. The van der Waals surface area contributed by atoms with Crippen molar-refractivity contribution in [3.05, 3.63) is 53.6 Å². The molecular weight excluding hydrogens is 248 g/mol. The van der Waals surface area contributed by atoms with Crippen molar-refractivity contribution in [3.8, 4) is 0 Å². The Kier molecular flexibility index (Phi) is 2.78. The molecule has 18 heavy (non-hydrogen) atoms. The van der Waals surface area contributed by atoms with Gasteiger partial charge in [0.2, 0.25) is 0 Å². The lowest BCUT2D eigenvalue weighted by Crippen LogP contribution is -1.98. The lowest BCUT2D eigenvalue weighted by atomic mass is 10.2. The molecule has 88 valence electrons. The topological polar surface area (TPSA) is 50.7 Å². The Hall–Kier alpha value is -2.20. The molecule has 0 aliphatic rings. The zero-order chi connectivity index (χ0) is 12.4.